The van der Waals surface area contributed by atoms with Crippen molar-refractivity contribution in [1.29, 1.82) is 0 Å². The maximum atomic E-state index is 9.68. The van der Waals surface area contributed by atoms with E-state index in [2.05, 4.69) is 20.2 Å². The number of para-hydroxylation sites is 1. The van der Waals surface area contributed by atoms with Crippen LogP contribution in [-0.2, 0) is 0 Å². The standard InChI is InChI=1S/C11H8N4O/c16-9-3-1-2-7-4-5-8(14-10(7)9)11-12-6-13-15-11/h1-6,16H,(H,12,13,15). The molecule has 2 heterocycles. The average Bonchev–Trinajstić information content (AvgIpc) is 2.83. The molecule has 2 N–H and O–H groups in total. The van der Waals surface area contributed by atoms with Gasteiger partial charge in [-0.05, 0) is 12.1 Å². The van der Waals surface area contributed by atoms with Gasteiger partial charge in [-0.25, -0.2) is 9.97 Å². The number of nitrogens with zero attached hydrogens (tertiary/aromatic N) is 3. The molecule has 0 saturated heterocycles. The minimum Gasteiger partial charge on any atom is -0.506 e. The Morgan fingerprint density at radius 2 is 2.06 bits per heavy atom. The van der Waals surface area contributed by atoms with Crippen molar-refractivity contribution in [1.82, 2.24) is 20.2 Å². The lowest BCUT2D eigenvalue weighted by molar-refractivity contribution is 0.480. The molecule has 0 fully saturated rings. The number of benzene rings is 1. The summed E-state index contributed by atoms with van der Waals surface area (Å²) in [5, 5.41) is 17.1. The minimum absolute atomic E-state index is 0.166. The molecule has 0 atom stereocenters. The van der Waals surface area contributed by atoms with Crippen molar-refractivity contribution < 1.29 is 5.11 Å². The number of H-pyrrole nitrogens is 1. The molecular formula is C11H8N4O. The van der Waals surface area contributed by atoms with Gasteiger partial charge < -0.3 is 5.11 Å². The Morgan fingerprint density at radius 3 is 2.88 bits per heavy atom. The van der Waals surface area contributed by atoms with Crippen molar-refractivity contribution in [2.45, 2.75) is 0 Å². The van der Waals surface area contributed by atoms with Gasteiger partial charge >= 0.3 is 0 Å². The second-order valence-corrected chi connectivity index (χ2v) is 3.38. The summed E-state index contributed by atoms with van der Waals surface area (Å²) in [5.74, 6) is 0.754. The summed E-state index contributed by atoms with van der Waals surface area (Å²) in [6.07, 6.45) is 1.42. The second-order valence-electron chi connectivity index (χ2n) is 3.38. The molecule has 0 unspecified atom stereocenters. The number of hydrogen-bond donors (Lipinski definition) is 2. The zero-order chi connectivity index (χ0) is 11.0. The van der Waals surface area contributed by atoms with Crippen LogP contribution in [0.25, 0.3) is 22.4 Å². The molecule has 78 valence electrons. The van der Waals surface area contributed by atoms with Crippen molar-refractivity contribution in [3.8, 4) is 17.3 Å². The molecule has 0 spiro atoms. The predicted octanol–water partition coefficient (Wildman–Crippen LogP) is 1.73. The molecule has 3 aromatic rings. The van der Waals surface area contributed by atoms with Gasteiger partial charge in [0.25, 0.3) is 0 Å². The van der Waals surface area contributed by atoms with Crippen LogP contribution < -0.4 is 0 Å². The lowest BCUT2D eigenvalue weighted by Crippen LogP contribution is -1.87. The van der Waals surface area contributed by atoms with E-state index in [1.54, 1.807) is 12.1 Å². The SMILES string of the molecule is Oc1cccc2ccc(-c3ncn[nH]3)nc12. The summed E-state index contributed by atoms with van der Waals surface area (Å²) in [6, 6.07) is 9.02. The van der Waals surface area contributed by atoms with E-state index in [4.69, 9.17) is 0 Å². The van der Waals surface area contributed by atoms with E-state index in [-0.39, 0.29) is 5.75 Å². The minimum atomic E-state index is 0.166. The van der Waals surface area contributed by atoms with Crippen molar-refractivity contribution >= 4 is 10.9 Å². The van der Waals surface area contributed by atoms with Gasteiger partial charge in [0.2, 0.25) is 0 Å². The molecule has 5 nitrogen and oxygen atoms in total. The van der Waals surface area contributed by atoms with Crippen molar-refractivity contribution in [2.75, 3.05) is 0 Å². The number of aromatic amines is 1. The first-order valence-corrected chi connectivity index (χ1v) is 4.79. The highest BCUT2D eigenvalue weighted by atomic mass is 16.3. The fourth-order valence-corrected chi connectivity index (χ4v) is 1.59. The van der Waals surface area contributed by atoms with Crippen LogP contribution in [0.3, 0.4) is 0 Å². The molecule has 0 aliphatic heterocycles. The predicted molar refractivity (Wildman–Crippen MR) is 58.8 cm³/mol. The fourth-order valence-electron chi connectivity index (χ4n) is 1.59. The molecular weight excluding hydrogens is 204 g/mol. The summed E-state index contributed by atoms with van der Waals surface area (Å²) >= 11 is 0. The summed E-state index contributed by atoms with van der Waals surface area (Å²) in [5.41, 5.74) is 1.22. The molecule has 3 rings (SSSR count). The van der Waals surface area contributed by atoms with Crippen LogP contribution >= 0.6 is 0 Å². The summed E-state index contributed by atoms with van der Waals surface area (Å²) in [4.78, 5) is 8.35. The monoisotopic (exact) mass is 212 g/mol. The molecule has 2 aromatic heterocycles. The molecule has 0 bridgehead atoms. The molecule has 16 heavy (non-hydrogen) atoms. The number of phenolic OH excluding ortho intramolecular Hbond substituents is 1. The maximum Gasteiger partial charge on any atom is 0.174 e. The number of fused-ring (bicyclic) bond motifs is 1. The van der Waals surface area contributed by atoms with Crippen LogP contribution in [0.5, 0.6) is 5.75 Å². The topological polar surface area (TPSA) is 74.7 Å². The highest BCUT2D eigenvalue weighted by Crippen LogP contribution is 2.24. The zero-order valence-electron chi connectivity index (χ0n) is 8.25. The Labute approximate surface area is 90.8 Å². The molecule has 0 aliphatic rings. The third-order valence-corrected chi connectivity index (χ3v) is 2.36. The van der Waals surface area contributed by atoms with Crippen molar-refractivity contribution in [3.05, 3.63) is 36.7 Å². The van der Waals surface area contributed by atoms with Gasteiger partial charge in [0.1, 0.15) is 23.3 Å². The maximum absolute atomic E-state index is 9.68. The quantitative estimate of drug-likeness (QED) is 0.644. The Balaban J connectivity index is 2.27. The largest absolute Gasteiger partial charge is 0.506 e. The first-order chi connectivity index (χ1) is 7.84. The molecule has 0 aliphatic carbocycles. The molecule has 0 amide bonds. The number of aromatic hydroxyl groups is 1. The van der Waals surface area contributed by atoms with Crippen LogP contribution in [0, 0.1) is 0 Å². The number of hydrogen-bond acceptors (Lipinski definition) is 4. The van der Waals surface area contributed by atoms with Crippen molar-refractivity contribution in [2.24, 2.45) is 0 Å². The smallest absolute Gasteiger partial charge is 0.174 e. The van der Waals surface area contributed by atoms with E-state index >= 15 is 0 Å². The summed E-state index contributed by atoms with van der Waals surface area (Å²) in [7, 11) is 0. The van der Waals surface area contributed by atoms with Gasteiger partial charge in [0.15, 0.2) is 5.82 Å². The lowest BCUT2D eigenvalue weighted by atomic mass is 10.2. The number of pyridine rings is 1. The molecule has 0 radical (unpaired) electrons. The van der Waals surface area contributed by atoms with Gasteiger partial charge in [-0.2, -0.15) is 5.10 Å². The number of phenols is 1. The Bertz CT molecular complexity index is 634. The zero-order valence-corrected chi connectivity index (χ0v) is 8.25. The van der Waals surface area contributed by atoms with E-state index < -0.39 is 0 Å². The Morgan fingerprint density at radius 1 is 1.12 bits per heavy atom. The van der Waals surface area contributed by atoms with Gasteiger partial charge in [0.05, 0.1) is 0 Å². The van der Waals surface area contributed by atoms with Crippen molar-refractivity contribution in [3.63, 3.8) is 0 Å². The van der Waals surface area contributed by atoms with Crippen LogP contribution in [-0.4, -0.2) is 25.3 Å². The molecule has 5 heteroatoms. The average molecular weight is 212 g/mol. The first kappa shape index (κ1) is 8.84. The highest BCUT2D eigenvalue weighted by molar-refractivity contribution is 5.85. The highest BCUT2D eigenvalue weighted by Gasteiger charge is 2.05. The normalized spacial score (nSPS) is 10.8. The fraction of sp³-hybridized carbons (Fsp3) is 0. The second kappa shape index (κ2) is 3.30. The third kappa shape index (κ3) is 1.30. The van der Waals surface area contributed by atoms with Crippen LogP contribution in [0.15, 0.2) is 36.7 Å². The van der Waals surface area contributed by atoms with Gasteiger partial charge in [-0.3, -0.25) is 5.10 Å². The van der Waals surface area contributed by atoms with E-state index in [0.717, 1.165) is 5.39 Å². The summed E-state index contributed by atoms with van der Waals surface area (Å²) in [6.45, 7) is 0. The van der Waals surface area contributed by atoms with Gasteiger partial charge in [-0.1, -0.05) is 18.2 Å². The van der Waals surface area contributed by atoms with E-state index in [1.165, 1.54) is 6.33 Å². The Hall–Kier alpha value is -2.43. The van der Waals surface area contributed by atoms with Crippen LogP contribution in [0.2, 0.25) is 0 Å². The number of aromatic nitrogens is 4. The van der Waals surface area contributed by atoms with Crippen LogP contribution in [0.1, 0.15) is 0 Å². The van der Waals surface area contributed by atoms with E-state index in [1.807, 2.05) is 18.2 Å². The Kier molecular flexibility index (Phi) is 1.83. The van der Waals surface area contributed by atoms with Crippen LogP contribution in [0.4, 0.5) is 0 Å². The third-order valence-electron chi connectivity index (χ3n) is 2.36. The molecule has 1 aromatic carbocycles. The molecule has 0 saturated carbocycles. The number of nitrogens with one attached hydrogen (secondary N) is 1. The lowest BCUT2D eigenvalue weighted by Gasteiger charge is -2.01. The summed E-state index contributed by atoms with van der Waals surface area (Å²) < 4.78 is 0. The van der Waals surface area contributed by atoms with E-state index in [0.29, 0.717) is 17.0 Å². The van der Waals surface area contributed by atoms with E-state index in [9.17, 15) is 5.11 Å². The van der Waals surface area contributed by atoms with Gasteiger partial charge in [-0.15, -0.1) is 0 Å². The van der Waals surface area contributed by atoms with Gasteiger partial charge in [0, 0.05) is 5.39 Å². The first-order valence-electron chi connectivity index (χ1n) is 4.79. The number of rotatable bonds is 1.